The molecule has 2 aromatic carbocycles. The predicted molar refractivity (Wildman–Crippen MR) is 140 cm³/mol. The smallest absolute Gasteiger partial charge is 0.383 e. The molecule has 2 heterocycles. The monoisotopic (exact) mass is 544 g/mol. The maximum atomic E-state index is 13.5. The Morgan fingerprint density at radius 1 is 1.13 bits per heavy atom. The summed E-state index contributed by atoms with van der Waals surface area (Å²) >= 11 is 1.54. The molecule has 38 heavy (non-hydrogen) atoms. The Labute approximate surface area is 222 Å². The molecule has 11 heteroatoms. The van der Waals surface area contributed by atoms with Crippen LogP contribution < -0.4 is 5.32 Å². The number of nitrogens with zero attached hydrogens (tertiary/aromatic N) is 3. The lowest BCUT2D eigenvalue weighted by atomic mass is 10.00. The maximum absolute atomic E-state index is 13.5. The van der Waals surface area contributed by atoms with Crippen LogP contribution in [0.4, 0.5) is 23.7 Å². The van der Waals surface area contributed by atoms with E-state index >= 15 is 0 Å². The second-order valence-electron chi connectivity index (χ2n) is 8.81. The Balaban J connectivity index is 1.53. The van der Waals surface area contributed by atoms with Crippen molar-refractivity contribution in [3.63, 3.8) is 0 Å². The lowest BCUT2D eigenvalue weighted by molar-refractivity contribution is -0.137. The van der Waals surface area contributed by atoms with Crippen molar-refractivity contribution < 1.29 is 27.5 Å². The molecule has 1 aliphatic rings. The number of amides is 3. The number of ether oxygens (including phenoxy) is 1. The van der Waals surface area contributed by atoms with Gasteiger partial charge in [0.15, 0.2) is 0 Å². The van der Waals surface area contributed by atoms with Crippen LogP contribution in [0.3, 0.4) is 0 Å². The third kappa shape index (κ3) is 6.59. The summed E-state index contributed by atoms with van der Waals surface area (Å²) in [5.41, 5.74) is 2.16. The van der Waals surface area contributed by atoms with Gasteiger partial charge in [-0.25, -0.2) is 9.80 Å². The van der Waals surface area contributed by atoms with Crippen LogP contribution in [-0.2, 0) is 15.7 Å². The van der Waals surface area contributed by atoms with Crippen molar-refractivity contribution in [2.24, 2.45) is 5.10 Å². The van der Waals surface area contributed by atoms with Crippen LogP contribution in [0.5, 0.6) is 0 Å². The number of hydrogen-bond acceptors (Lipinski definition) is 5. The van der Waals surface area contributed by atoms with Crippen LogP contribution in [0.2, 0.25) is 0 Å². The molecule has 0 aliphatic carbocycles. The van der Waals surface area contributed by atoms with Gasteiger partial charge in [0.1, 0.15) is 6.54 Å². The van der Waals surface area contributed by atoms with Crippen molar-refractivity contribution in [1.82, 2.24) is 9.91 Å². The van der Waals surface area contributed by atoms with Crippen molar-refractivity contribution in [2.45, 2.75) is 25.6 Å². The molecule has 1 aromatic heterocycles. The van der Waals surface area contributed by atoms with Crippen LogP contribution >= 0.6 is 11.3 Å². The Kier molecular flexibility index (Phi) is 8.48. The number of rotatable bonds is 8. The second kappa shape index (κ2) is 11.8. The highest BCUT2D eigenvalue weighted by molar-refractivity contribution is 7.12. The lowest BCUT2D eigenvalue weighted by Crippen LogP contribution is -2.44. The van der Waals surface area contributed by atoms with E-state index in [0.717, 1.165) is 33.8 Å². The number of thiophene rings is 1. The first-order valence-electron chi connectivity index (χ1n) is 11.9. The minimum absolute atomic E-state index is 0.0965. The quantitative estimate of drug-likeness (QED) is 0.382. The SMILES string of the molecule is COCCN(CC(=O)N1N=C(c2cccs2)C[C@@H]1c1ccc(C)cc1)C(=O)Nc1ccc(C(F)(F)F)cc1. The number of methoxy groups -OCH3 is 1. The van der Waals surface area contributed by atoms with Gasteiger partial charge in [0.2, 0.25) is 0 Å². The number of carbonyl (C=O) groups excluding carboxylic acids is 2. The van der Waals surface area contributed by atoms with Crippen molar-refractivity contribution >= 4 is 34.7 Å². The Bertz CT molecular complexity index is 1280. The maximum Gasteiger partial charge on any atom is 0.416 e. The number of benzene rings is 2. The summed E-state index contributed by atoms with van der Waals surface area (Å²) in [5.74, 6) is -0.388. The third-order valence-electron chi connectivity index (χ3n) is 6.08. The zero-order valence-electron chi connectivity index (χ0n) is 20.9. The van der Waals surface area contributed by atoms with Gasteiger partial charge in [-0.3, -0.25) is 4.79 Å². The van der Waals surface area contributed by atoms with E-state index in [0.29, 0.717) is 6.42 Å². The van der Waals surface area contributed by atoms with E-state index in [1.54, 1.807) is 0 Å². The Morgan fingerprint density at radius 3 is 2.45 bits per heavy atom. The summed E-state index contributed by atoms with van der Waals surface area (Å²) in [6.07, 6.45) is -3.95. The molecule has 0 saturated heterocycles. The van der Waals surface area contributed by atoms with Crippen LogP contribution in [0, 0.1) is 6.92 Å². The average Bonchev–Trinajstić information content (AvgIpc) is 3.57. The summed E-state index contributed by atoms with van der Waals surface area (Å²) in [4.78, 5) is 28.8. The van der Waals surface area contributed by atoms with Gasteiger partial charge in [0.05, 0.1) is 28.8 Å². The minimum Gasteiger partial charge on any atom is -0.383 e. The summed E-state index contributed by atoms with van der Waals surface area (Å²) in [6.45, 7) is 1.95. The molecule has 0 bridgehead atoms. The summed E-state index contributed by atoms with van der Waals surface area (Å²) in [5, 5.41) is 10.6. The highest BCUT2D eigenvalue weighted by Gasteiger charge is 2.35. The van der Waals surface area contributed by atoms with Gasteiger partial charge in [0.25, 0.3) is 5.91 Å². The number of hydrogen-bond donors (Lipinski definition) is 1. The molecule has 1 aliphatic heterocycles. The van der Waals surface area contributed by atoms with Crippen molar-refractivity contribution in [3.05, 3.63) is 87.6 Å². The minimum atomic E-state index is -4.48. The molecule has 200 valence electrons. The van der Waals surface area contributed by atoms with E-state index < -0.39 is 17.8 Å². The van der Waals surface area contributed by atoms with Crippen LogP contribution in [-0.4, -0.2) is 54.4 Å². The number of hydrazone groups is 1. The molecule has 0 fully saturated rings. The van der Waals surface area contributed by atoms with E-state index in [1.165, 1.54) is 40.5 Å². The largest absolute Gasteiger partial charge is 0.416 e. The molecule has 0 radical (unpaired) electrons. The molecule has 3 aromatic rings. The van der Waals surface area contributed by atoms with E-state index in [-0.39, 0.29) is 37.3 Å². The van der Waals surface area contributed by atoms with Gasteiger partial charge >= 0.3 is 12.2 Å². The second-order valence-corrected chi connectivity index (χ2v) is 9.76. The Morgan fingerprint density at radius 2 is 1.84 bits per heavy atom. The number of alkyl halides is 3. The van der Waals surface area contributed by atoms with Gasteiger partial charge in [-0.15, -0.1) is 11.3 Å². The van der Waals surface area contributed by atoms with Crippen LogP contribution in [0.1, 0.15) is 34.0 Å². The molecule has 0 saturated carbocycles. The topological polar surface area (TPSA) is 74.2 Å². The molecule has 7 nitrogen and oxygen atoms in total. The first kappa shape index (κ1) is 27.3. The number of carbonyl (C=O) groups is 2. The number of aryl methyl sites for hydroxylation is 1. The lowest BCUT2D eigenvalue weighted by Gasteiger charge is -2.27. The van der Waals surface area contributed by atoms with Crippen molar-refractivity contribution in [1.29, 1.82) is 0 Å². The first-order valence-corrected chi connectivity index (χ1v) is 12.8. The predicted octanol–water partition coefficient (Wildman–Crippen LogP) is 5.93. The number of urea groups is 1. The van der Waals surface area contributed by atoms with Gasteiger partial charge in [-0.05, 0) is 48.2 Å². The van der Waals surface area contributed by atoms with Crippen molar-refractivity contribution in [2.75, 3.05) is 32.1 Å². The van der Waals surface area contributed by atoms with Gasteiger partial charge in [0, 0.05) is 25.8 Å². The summed E-state index contributed by atoms with van der Waals surface area (Å²) < 4.78 is 43.7. The van der Waals surface area contributed by atoms with Crippen LogP contribution in [0.15, 0.2) is 71.1 Å². The van der Waals surface area contributed by atoms with E-state index in [1.807, 2.05) is 48.7 Å². The van der Waals surface area contributed by atoms with Gasteiger partial charge in [-0.2, -0.15) is 18.3 Å². The zero-order chi connectivity index (χ0) is 27.3. The third-order valence-corrected chi connectivity index (χ3v) is 6.99. The van der Waals surface area contributed by atoms with E-state index in [9.17, 15) is 22.8 Å². The van der Waals surface area contributed by atoms with E-state index in [4.69, 9.17) is 4.74 Å². The normalized spacial score (nSPS) is 15.3. The number of halogens is 3. The fourth-order valence-corrected chi connectivity index (χ4v) is 4.74. The Hall–Kier alpha value is -3.70. The summed E-state index contributed by atoms with van der Waals surface area (Å²) in [7, 11) is 1.47. The molecular formula is C27H27F3N4O3S. The standard InChI is InChI=1S/C27H27F3N4O3S/c1-18-5-7-19(8-6-18)23-16-22(24-4-3-15-38-24)32-34(23)25(35)17-33(13-14-37-2)26(36)31-21-11-9-20(10-12-21)27(28,29)30/h3-12,15,23H,13-14,16-17H2,1-2H3,(H,31,36)/t23-/m1/s1. The highest BCUT2D eigenvalue weighted by atomic mass is 32.1. The summed E-state index contributed by atoms with van der Waals surface area (Å²) in [6, 6.07) is 14.9. The van der Waals surface area contributed by atoms with Crippen molar-refractivity contribution in [3.8, 4) is 0 Å². The average molecular weight is 545 g/mol. The molecular weight excluding hydrogens is 517 g/mol. The fraction of sp³-hybridized carbons (Fsp3) is 0.296. The number of nitrogens with one attached hydrogen (secondary N) is 1. The fourth-order valence-electron chi connectivity index (χ4n) is 4.01. The van der Waals surface area contributed by atoms with Crippen LogP contribution in [0.25, 0.3) is 0 Å². The van der Waals surface area contributed by atoms with Gasteiger partial charge < -0.3 is 15.0 Å². The van der Waals surface area contributed by atoms with Gasteiger partial charge in [-0.1, -0.05) is 35.9 Å². The zero-order valence-corrected chi connectivity index (χ0v) is 21.7. The molecule has 1 atom stereocenters. The number of anilines is 1. The molecule has 1 N–H and O–H groups in total. The molecule has 3 amide bonds. The first-order chi connectivity index (χ1) is 18.2. The molecule has 0 spiro atoms. The molecule has 0 unspecified atom stereocenters. The molecule has 4 rings (SSSR count). The highest BCUT2D eigenvalue weighted by Crippen LogP contribution is 2.34. The van der Waals surface area contributed by atoms with E-state index in [2.05, 4.69) is 10.4 Å².